The number of hydrogen-bond donors (Lipinski definition) is 1. The average Bonchev–Trinajstić information content (AvgIpc) is 2.95. The van der Waals surface area contributed by atoms with Crippen LogP contribution in [0.2, 0.25) is 0 Å². The second-order valence-electron chi connectivity index (χ2n) is 4.68. The van der Waals surface area contributed by atoms with Crippen molar-refractivity contribution in [3.8, 4) is 0 Å². The van der Waals surface area contributed by atoms with Gasteiger partial charge in [0.15, 0.2) is 0 Å². The minimum absolute atomic E-state index is 0.947. The van der Waals surface area contributed by atoms with Crippen molar-refractivity contribution in [2.24, 2.45) is 5.92 Å². The fourth-order valence-electron chi connectivity index (χ4n) is 2.34. The van der Waals surface area contributed by atoms with Crippen molar-refractivity contribution in [1.29, 1.82) is 0 Å². The topological polar surface area (TPSA) is 24.9 Å². The van der Waals surface area contributed by atoms with Gasteiger partial charge in [0, 0.05) is 24.0 Å². The number of hydrogen-bond acceptors (Lipinski definition) is 3. The predicted molar refractivity (Wildman–Crippen MR) is 70.0 cm³/mol. The fraction of sp³-hybridized carbons (Fsp3) is 0.769. The van der Waals surface area contributed by atoms with E-state index in [2.05, 4.69) is 17.2 Å². The Morgan fingerprint density at radius 2 is 2.25 bits per heavy atom. The average molecular weight is 238 g/mol. The zero-order valence-electron chi connectivity index (χ0n) is 10.2. The monoisotopic (exact) mass is 238 g/mol. The van der Waals surface area contributed by atoms with Crippen LogP contribution in [0.1, 0.15) is 42.5 Å². The van der Waals surface area contributed by atoms with E-state index >= 15 is 0 Å². The highest BCUT2D eigenvalue weighted by molar-refractivity contribution is 7.11. The van der Waals surface area contributed by atoms with Crippen molar-refractivity contribution in [1.82, 2.24) is 10.3 Å². The molecular formula is C13H22N2S. The first kappa shape index (κ1) is 12.1. The summed E-state index contributed by atoms with van der Waals surface area (Å²) in [4.78, 5) is 5.84. The molecule has 1 aliphatic carbocycles. The largest absolute Gasteiger partial charge is 0.316 e. The Hall–Kier alpha value is -0.410. The second-order valence-corrected chi connectivity index (χ2v) is 5.88. The SMILES string of the molecule is CCc1cnc(CCNCC2CCCC2)s1. The number of aryl methyl sites for hydroxylation is 1. The zero-order valence-corrected chi connectivity index (χ0v) is 11.0. The van der Waals surface area contributed by atoms with Crippen LogP contribution in [0.25, 0.3) is 0 Å². The summed E-state index contributed by atoms with van der Waals surface area (Å²) in [5.41, 5.74) is 0. The third-order valence-electron chi connectivity index (χ3n) is 3.37. The summed E-state index contributed by atoms with van der Waals surface area (Å²) >= 11 is 1.86. The highest BCUT2D eigenvalue weighted by Crippen LogP contribution is 2.23. The molecule has 1 aliphatic rings. The lowest BCUT2D eigenvalue weighted by molar-refractivity contribution is 0.491. The fourth-order valence-corrected chi connectivity index (χ4v) is 3.20. The molecule has 2 rings (SSSR count). The maximum atomic E-state index is 4.43. The molecule has 1 aromatic rings. The van der Waals surface area contributed by atoms with Crippen LogP contribution in [-0.2, 0) is 12.8 Å². The smallest absolute Gasteiger partial charge is 0.0940 e. The van der Waals surface area contributed by atoms with Crippen LogP contribution in [0.15, 0.2) is 6.20 Å². The molecule has 0 atom stereocenters. The second kappa shape index (κ2) is 6.36. The summed E-state index contributed by atoms with van der Waals surface area (Å²) in [6.07, 6.45) is 9.99. The van der Waals surface area contributed by atoms with E-state index in [1.807, 2.05) is 17.5 Å². The van der Waals surface area contributed by atoms with Crippen molar-refractivity contribution in [2.45, 2.75) is 45.4 Å². The van der Waals surface area contributed by atoms with Crippen molar-refractivity contribution in [3.63, 3.8) is 0 Å². The van der Waals surface area contributed by atoms with Crippen LogP contribution < -0.4 is 5.32 Å². The molecule has 0 aromatic carbocycles. The molecule has 1 saturated carbocycles. The van der Waals surface area contributed by atoms with Gasteiger partial charge in [0.05, 0.1) is 5.01 Å². The summed E-state index contributed by atoms with van der Waals surface area (Å²) in [6, 6.07) is 0. The van der Waals surface area contributed by atoms with E-state index in [9.17, 15) is 0 Å². The Morgan fingerprint density at radius 3 is 2.94 bits per heavy atom. The lowest BCUT2D eigenvalue weighted by Gasteiger charge is -2.09. The maximum absolute atomic E-state index is 4.43. The highest BCUT2D eigenvalue weighted by Gasteiger charge is 2.13. The number of nitrogens with one attached hydrogen (secondary N) is 1. The van der Waals surface area contributed by atoms with Gasteiger partial charge in [-0.3, -0.25) is 0 Å². The van der Waals surface area contributed by atoms with Crippen LogP contribution in [-0.4, -0.2) is 18.1 Å². The van der Waals surface area contributed by atoms with E-state index in [-0.39, 0.29) is 0 Å². The van der Waals surface area contributed by atoms with Crippen molar-refractivity contribution in [3.05, 3.63) is 16.1 Å². The number of aromatic nitrogens is 1. The summed E-state index contributed by atoms with van der Waals surface area (Å²) in [7, 11) is 0. The third-order valence-corrected chi connectivity index (χ3v) is 4.57. The van der Waals surface area contributed by atoms with Gasteiger partial charge in [0.1, 0.15) is 0 Å². The Morgan fingerprint density at radius 1 is 1.44 bits per heavy atom. The molecule has 0 unspecified atom stereocenters. The molecule has 0 aliphatic heterocycles. The zero-order chi connectivity index (χ0) is 11.2. The number of thiazole rings is 1. The summed E-state index contributed by atoms with van der Waals surface area (Å²) in [5.74, 6) is 0.947. The summed E-state index contributed by atoms with van der Waals surface area (Å²) < 4.78 is 0. The lowest BCUT2D eigenvalue weighted by atomic mass is 10.1. The quantitative estimate of drug-likeness (QED) is 0.771. The van der Waals surface area contributed by atoms with Crippen LogP contribution in [0, 0.1) is 5.92 Å². The molecule has 1 fully saturated rings. The van der Waals surface area contributed by atoms with Crippen LogP contribution in [0.5, 0.6) is 0 Å². The molecule has 0 saturated heterocycles. The van der Waals surface area contributed by atoms with Crippen LogP contribution in [0.3, 0.4) is 0 Å². The molecule has 0 amide bonds. The van der Waals surface area contributed by atoms with Gasteiger partial charge in [-0.15, -0.1) is 11.3 Å². The molecule has 1 N–H and O–H groups in total. The molecule has 0 radical (unpaired) electrons. The number of nitrogens with zero attached hydrogens (tertiary/aromatic N) is 1. The minimum Gasteiger partial charge on any atom is -0.316 e. The number of rotatable bonds is 6. The highest BCUT2D eigenvalue weighted by atomic mass is 32.1. The molecule has 0 bridgehead atoms. The standard InChI is InChI=1S/C13H22N2S/c1-2-12-10-15-13(16-12)7-8-14-9-11-5-3-4-6-11/h10-11,14H,2-9H2,1H3. The lowest BCUT2D eigenvalue weighted by Crippen LogP contribution is -2.23. The molecule has 90 valence electrons. The molecular weight excluding hydrogens is 216 g/mol. The predicted octanol–water partition coefficient (Wildman–Crippen LogP) is 3.03. The van der Waals surface area contributed by atoms with Gasteiger partial charge >= 0.3 is 0 Å². The van der Waals surface area contributed by atoms with E-state index < -0.39 is 0 Å². The van der Waals surface area contributed by atoms with Crippen molar-refractivity contribution >= 4 is 11.3 Å². The Labute approximate surface area is 102 Å². The first-order chi connectivity index (χ1) is 7.88. The van der Waals surface area contributed by atoms with Crippen LogP contribution >= 0.6 is 11.3 Å². The van der Waals surface area contributed by atoms with Gasteiger partial charge in [0.2, 0.25) is 0 Å². The van der Waals surface area contributed by atoms with Gasteiger partial charge in [-0.1, -0.05) is 19.8 Å². The van der Waals surface area contributed by atoms with E-state index in [1.54, 1.807) is 0 Å². The molecule has 1 heterocycles. The maximum Gasteiger partial charge on any atom is 0.0940 e. The molecule has 2 nitrogen and oxygen atoms in total. The van der Waals surface area contributed by atoms with Gasteiger partial charge in [-0.05, 0) is 31.7 Å². The molecule has 0 spiro atoms. The van der Waals surface area contributed by atoms with E-state index in [4.69, 9.17) is 0 Å². The molecule has 1 aromatic heterocycles. The van der Waals surface area contributed by atoms with Gasteiger partial charge < -0.3 is 5.32 Å². The van der Waals surface area contributed by atoms with Gasteiger partial charge in [-0.2, -0.15) is 0 Å². The van der Waals surface area contributed by atoms with E-state index in [1.165, 1.54) is 42.1 Å². The summed E-state index contributed by atoms with van der Waals surface area (Å²) in [5, 5.41) is 4.86. The first-order valence-electron chi connectivity index (χ1n) is 6.52. The van der Waals surface area contributed by atoms with Crippen LogP contribution in [0.4, 0.5) is 0 Å². The molecule has 16 heavy (non-hydrogen) atoms. The van der Waals surface area contributed by atoms with Gasteiger partial charge in [0.25, 0.3) is 0 Å². The molecule has 3 heteroatoms. The van der Waals surface area contributed by atoms with E-state index in [0.717, 1.165) is 25.3 Å². The van der Waals surface area contributed by atoms with E-state index in [0.29, 0.717) is 0 Å². The van der Waals surface area contributed by atoms with Crippen molar-refractivity contribution < 1.29 is 0 Å². The Kier molecular flexibility index (Phi) is 4.79. The Bertz CT molecular complexity index is 303. The Balaban J connectivity index is 1.60. The van der Waals surface area contributed by atoms with Gasteiger partial charge in [-0.25, -0.2) is 4.98 Å². The third kappa shape index (κ3) is 3.56. The normalized spacial score (nSPS) is 17.1. The first-order valence-corrected chi connectivity index (χ1v) is 7.34. The minimum atomic E-state index is 0.947. The summed E-state index contributed by atoms with van der Waals surface area (Å²) in [6.45, 7) is 4.49. The van der Waals surface area contributed by atoms with Crippen molar-refractivity contribution in [2.75, 3.05) is 13.1 Å².